The van der Waals surface area contributed by atoms with Crippen LogP contribution in [0.3, 0.4) is 0 Å². The second-order valence-corrected chi connectivity index (χ2v) is 7.77. The van der Waals surface area contributed by atoms with Gasteiger partial charge in [-0.2, -0.15) is 0 Å². The van der Waals surface area contributed by atoms with E-state index in [9.17, 15) is 8.42 Å². The molecule has 1 aliphatic heterocycles. The first-order valence-corrected chi connectivity index (χ1v) is 8.49. The first-order valence-electron chi connectivity index (χ1n) is 6.60. The van der Waals surface area contributed by atoms with E-state index in [1.165, 1.54) is 12.7 Å². The molecule has 19 heavy (non-hydrogen) atoms. The summed E-state index contributed by atoms with van der Waals surface area (Å²) >= 11 is 0. The fourth-order valence-corrected chi connectivity index (χ4v) is 3.01. The lowest BCUT2D eigenvalue weighted by molar-refractivity contribution is 0.339. The van der Waals surface area contributed by atoms with Crippen molar-refractivity contribution in [3.05, 3.63) is 29.8 Å². The number of hydrogen-bond donors (Lipinski definition) is 2. The van der Waals surface area contributed by atoms with E-state index >= 15 is 0 Å². The average Bonchev–Trinajstić information content (AvgIpc) is 2.76. The molecule has 1 atom stereocenters. The summed E-state index contributed by atoms with van der Waals surface area (Å²) in [7, 11) is -3.09. The van der Waals surface area contributed by atoms with Crippen molar-refractivity contribution in [3.8, 4) is 0 Å². The zero-order valence-electron chi connectivity index (χ0n) is 11.6. The predicted octanol–water partition coefficient (Wildman–Crippen LogP) is 1.18. The van der Waals surface area contributed by atoms with E-state index in [1.807, 2.05) is 12.1 Å². The Morgan fingerprint density at radius 3 is 2.53 bits per heavy atom. The molecular formula is C14H22N2O2S. The third-order valence-corrected chi connectivity index (χ3v) is 4.82. The molecule has 1 unspecified atom stereocenters. The highest BCUT2D eigenvalue weighted by atomic mass is 32.2. The van der Waals surface area contributed by atoms with E-state index < -0.39 is 9.84 Å². The highest BCUT2D eigenvalue weighted by Gasteiger charge is 2.27. The van der Waals surface area contributed by atoms with Gasteiger partial charge in [-0.1, -0.05) is 19.1 Å². The van der Waals surface area contributed by atoms with Crippen LogP contribution in [0.5, 0.6) is 0 Å². The van der Waals surface area contributed by atoms with Crippen LogP contribution in [0.1, 0.15) is 18.9 Å². The van der Waals surface area contributed by atoms with Crippen molar-refractivity contribution < 1.29 is 8.42 Å². The minimum absolute atomic E-state index is 0.340. The molecule has 1 aromatic carbocycles. The van der Waals surface area contributed by atoms with Gasteiger partial charge in [-0.15, -0.1) is 0 Å². The van der Waals surface area contributed by atoms with Crippen molar-refractivity contribution in [2.45, 2.75) is 24.8 Å². The van der Waals surface area contributed by atoms with Crippen LogP contribution >= 0.6 is 0 Å². The molecule has 0 bridgehead atoms. The Morgan fingerprint density at radius 1 is 1.32 bits per heavy atom. The van der Waals surface area contributed by atoms with Crippen LogP contribution in [0, 0.1) is 5.41 Å². The average molecular weight is 282 g/mol. The van der Waals surface area contributed by atoms with Crippen LogP contribution < -0.4 is 10.6 Å². The summed E-state index contributed by atoms with van der Waals surface area (Å²) in [6.45, 7) is 6.20. The molecule has 1 heterocycles. The Morgan fingerprint density at radius 2 is 2.00 bits per heavy atom. The molecule has 1 aliphatic rings. The van der Waals surface area contributed by atoms with Crippen LogP contribution in [0.2, 0.25) is 0 Å². The fourth-order valence-electron chi connectivity index (χ4n) is 2.38. The van der Waals surface area contributed by atoms with Gasteiger partial charge in [0, 0.05) is 25.9 Å². The normalized spacial score (nSPS) is 23.7. The van der Waals surface area contributed by atoms with Gasteiger partial charge in [-0.05, 0) is 36.1 Å². The standard InChI is InChI=1S/C14H22N2O2S/c1-14(7-8-15-10-14)11-16-9-12-3-5-13(6-4-12)19(2,17)18/h3-6,15-16H,7-11H2,1-2H3. The Labute approximate surface area is 115 Å². The van der Waals surface area contributed by atoms with Crippen molar-refractivity contribution >= 4 is 9.84 Å². The molecule has 0 saturated carbocycles. The summed E-state index contributed by atoms with van der Waals surface area (Å²) in [4.78, 5) is 0.378. The van der Waals surface area contributed by atoms with E-state index in [4.69, 9.17) is 0 Å². The molecule has 0 amide bonds. The summed E-state index contributed by atoms with van der Waals surface area (Å²) < 4.78 is 22.7. The topological polar surface area (TPSA) is 58.2 Å². The first kappa shape index (κ1) is 14.5. The van der Waals surface area contributed by atoms with E-state index in [1.54, 1.807) is 12.1 Å². The molecule has 0 radical (unpaired) electrons. The summed E-state index contributed by atoms with van der Waals surface area (Å²) in [5, 5.41) is 6.83. The Bertz CT molecular complexity index is 517. The molecule has 2 N–H and O–H groups in total. The van der Waals surface area contributed by atoms with E-state index in [2.05, 4.69) is 17.6 Å². The summed E-state index contributed by atoms with van der Waals surface area (Å²) in [5.41, 5.74) is 1.45. The lowest BCUT2D eigenvalue weighted by atomic mass is 9.90. The Balaban J connectivity index is 1.87. The fraction of sp³-hybridized carbons (Fsp3) is 0.571. The maximum atomic E-state index is 11.4. The monoisotopic (exact) mass is 282 g/mol. The zero-order chi connectivity index (χ0) is 13.9. The molecule has 0 spiro atoms. The summed E-state index contributed by atoms with van der Waals surface area (Å²) in [6.07, 6.45) is 2.43. The quantitative estimate of drug-likeness (QED) is 0.851. The van der Waals surface area contributed by atoms with E-state index in [0.29, 0.717) is 10.3 Å². The van der Waals surface area contributed by atoms with Gasteiger partial charge in [0.1, 0.15) is 0 Å². The highest BCUT2D eigenvalue weighted by molar-refractivity contribution is 7.90. The zero-order valence-corrected chi connectivity index (χ0v) is 12.4. The Hall–Kier alpha value is -0.910. The molecular weight excluding hydrogens is 260 g/mol. The summed E-state index contributed by atoms with van der Waals surface area (Å²) in [6, 6.07) is 7.09. The van der Waals surface area contributed by atoms with Crippen LogP contribution in [0.15, 0.2) is 29.2 Å². The molecule has 0 aromatic heterocycles. The maximum Gasteiger partial charge on any atom is 0.175 e. The maximum absolute atomic E-state index is 11.4. The second kappa shape index (κ2) is 5.61. The number of benzene rings is 1. The lowest BCUT2D eigenvalue weighted by Gasteiger charge is -2.23. The SMILES string of the molecule is CC1(CNCc2ccc(S(C)(=O)=O)cc2)CCNC1. The largest absolute Gasteiger partial charge is 0.316 e. The van der Waals surface area contributed by atoms with Crippen LogP contribution in [0.25, 0.3) is 0 Å². The molecule has 4 nitrogen and oxygen atoms in total. The van der Waals surface area contributed by atoms with Crippen LogP contribution in [0.4, 0.5) is 0 Å². The van der Waals surface area contributed by atoms with Gasteiger partial charge in [-0.25, -0.2) is 8.42 Å². The number of rotatable bonds is 5. The number of sulfone groups is 1. The smallest absolute Gasteiger partial charge is 0.175 e. The van der Waals surface area contributed by atoms with Crippen molar-refractivity contribution in [3.63, 3.8) is 0 Å². The Kier molecular flexibility index (Phi) is 4.28. The van der Waals surface area contributed by atoms with Crippen molar-refractivity contribution in [1.82, 2.24) is 10.6 Å². The molecule has 2 rings (SSSR count). The van der Waals surface area contributed by atoms with Gasteiger partial charge in [0.15, 0.2) is 9.84 Å². The van der Waals surface area contributed by atoms with Crippen molar-refractivity contribution in [2.75, 3.05) is 25.9 Å². The lowest BCUT2D eigenvalue weighted by Crippen LogP contribution is -2.33. The van der Waals surface area contributed by atoms with Crippen LogP contribution in [-0.4, -0.2) is 34.3 Å². The number of nitrogens with one attached hydrogen (secondary N) is 2. The van der Waals surface area contributed by atoms with E-state index in [0.717, 1.165) is 31.7 Å². The molecule has 5 heteroatoms. The van der Waals surface area contributed by atoms with Crippen molar-refractivity contribution in [1.29, 1.82) is 0 Å². The molecule has 1 saturated heterocycles. The first-order chi connectivity index (χ1) is 8.89. The number of hydrogen-bond acceptors (Lipinski definition) is 4. The summed E-state index contributed by atoms with van der Waals surface area (Å²) in [5.74, 6) is 0. The van der Waals surface area contributed by atoms with E-state index in [-0.39, 0.29) is 0 Å². The highest BCUT2D eigenvalue weighted by Crippen LogP contribution is 2.23. The van der Waals surface area contributed by atoms with Gasteiger partial charge in [0.25, 0.3) is 0 Å². The molecule has 1 fully saturated rings. The molecule has 106 valence electrons. The minimum Gasteiger partial charge on any atom is -0.316 e. The van der Waals surface area contributed by atoms with Crippen molar-refractivity contribution in [2.24, 2.45) is 5.41 Å². The molecule has 1 aromatic rings. The third kappa shape index (κ3) is 4.03. The predicted molar refractivity (Wildman–Crippen MR) is 76.9 cm³/mol. The third-order valence-electron chi connectivity index (χ3n) is 3.69. The van der Waals surface area contributed by atoms with Gasteiger partial charge in [0.05, 0.1) is 4.90 Å². The second-order valence-electron chi connectivity index (χ2n) is 5.76. The minimum atomic E-state index is -3.09. The van der Waals surface area contributed by atoms with Gasteiger partial charge in [0.2, 0.25) is 0 Å². The van der Waals surface area contributed by atoms with Gasteiger partial charge >= 0.3 is 0 Å². The van der Waals surface area contributed by atoms with Crippen LogP contribution in [-0.2, 0) is 16.4 Å². The van der Waals surface area contributed by atoms with Gasteiger partial charge < -0.3 is 10.6 Å². The van der Waals surface area contributed by atoms with Gasteiger partial charge in [-0.3, -0.25) is 0 Å². The molecule has 0 aliphatic carbocycles.